The van der Waals surface area contributed by atoms with Crippen LogP contribution in [0, 0.1) is 0 Å². The first-order chi connectivity index (χ1) is 14.7. The molecule has 7 heteroatoms. The second-order valence-corrected chi connectivity index (χ2v) is 8.25. The Labute approximate surface area is 177 Å². The molecule has 1 unspecified atom stereocenters. The zero-order valence-corrected chi connectivity index (χ0v) is 17.0. The molecular weight excluding hydrogens is 396 g/mol. The third kappa shape index (κ3) is 3.48. The second kappa shape index (κ2) is 7.76. The van der Waals surface area contributed by atoms with E-state index in [0.717, 1.165) is 28.8 Å². The standard InChI is InChI=1S/C23H20N4O2S/c28-22(19-7-3-13-27(19)23(29)20-8-4-14-30-20)24-16-11-9-15(10-12-16)21-25-17-5-1-2-6-18(17)26-21/h1-2,4-6,8-12,14,19H,3,7,13H2,(H,24,28)(H,25,26). The van der Waals surface area contributed by atoms with Crippen LogP contribution in [0.1, 0.15) is 22.5 Å². The van der Waals surface area contributed by atoms with Crippen LogP contribution in [0.15, 0.2) is 66.0 Å². The topological polar surface area (TPSA) is 78.1 Å². The molecule has 1 atom stereocenters. The summed E-state index contributed by atoms with van der Waals surface area (Å²) < 4.78 is 0. The highest BCUT2D eigenvalue weighted by molar-refractivity contribution is 7.12. The van der Waals surface area contributed by atoms with Gasteiger partial charge in [0.05, 0.1) is 15.9 Å². The lowest BCUT2D eigenvalue weighted by molar-refractivity contribution is -0.119. The van der Waals surface area contributed by atoms with E-state index in [1.165, 1.54) is 11.3 Å². The molecule has 2 aromatic carbocycles. The van der Waals surface area contributed by atoms with Crippen LogP contribution in [0.25, 0.3) is 22.4 Å². The molecular formula is C23H20N4O2S. The molecule has 30 heavy (non-hydrogen) atoms. The summed E-state index contributed by atoms with van der Waals surface area (Å²) in [4.78, 5) is 35.8. The van der Waals surface area contributed by atoms with E-state index in [-0.39, 0.29) is 11.8 Å². The summed E-state index contributed by atoms with van der Waals surface area (Å²) in [6, 6.07) is 18.7. The Bertz CT molecular complexity index is 1160. The summed E-state index contributed by atoms with van der Waals surface area (Å²) in [6.07, 6.45) is 1.51. The number of H-pyrrole nitrogens is 1. The lowest BCUT2D eigenvalue weighted by Gasteiger charge is -2.23. The molecule has 2 N–H and O–H groups in total. The van der Waals surface area contributed by atoms with Gasteiger partial charge in [0.25, 0.3) is 5.91 Å². The van der Waals surface area contributed by atoms with Crippen molar-refractivity contribution >= 4 is 39.9 Å². The molecule has 0 bridgehead atoms. The van der Waals surface area contributed by atoms with Gasteiger partial charge in [-0.15, -0.1) is 11.3 Å². The highest BCUT2D eigenvalue weighted by Crippen LogP contribution is 2.25. The first kappa shape index (κ1) is 18.6. The molecule has 0 aliphatic carbocycles. The Hall–Kier alpha value is -3.45. The highest BCUT2D eigenvalue weighted by Gasteiger charge is 2.34. The fourth-order valence-electron chi connectivity index (χ4n) is 3.85. The fraction of sp³-hybridized carbons (Fsp3) is 0.174. The van der Waals surface area contributed by atoms with Gasteiger partial charge < -0.3 is 15.2 Å². The molecule has 4 aromatic rings. The van der Waals surface area contributed by atoms with Gasteiger partial charge in [0.2, 0.25) is 5.91 Å². The van der Waals surface area contributed by atoms with Gasteiger partial charge in [0, 0.05) is 17.8 Å². The Morgan fingerprint density at radius 1 is 1.07 bits per heavy atom. The lowest BCUT2D eigenvalue weighted by atomic mass is 10.1. The number of imidazole rings is 1. The van der Waals surface area contributed by atoms with Crippen molar-refractivity contribution in [3.63, 3.8) is 0 Å². The van der Waals surface area contributed by atoms with Crippen molar-refractivity contribution in [2.24, 2.45) is 0 Å². The molecule has 3 heterocycles. The summed E-state index contributed by atoms with van der Waals surface area (Å²) in [6.45, 7) is 0.611. The SMILES string of the molecule is O=C(Nc1ccc(-c2nc3ccccc3[nH]2)cc1)C1CCCN1C(=O)c1cccs1. The molecule has 1 aliphatic heterocycles. The number of anilines is 1. The number of thiophene rings is 1. The van der Waals surface area contributed by atoms with Crippen molar-refractivity contribution in [2.45, 2.75) is 18.9 Å². The maximum absolute atomic E-state index is 12.9. The number of hydrogen-bond donors (Lipinski definition) is 2. The maximum Gasteiger partial charge on any atom is 0.264 e. The number of carbonyl (C=O) groups is 2. The number of likely N-dealkylation sites (tertiary alicyclic amines) is 1. The molecule has 0 spiro atoms. The normalized spacial score (nSPS) is 16.1. The number of aromatic amines is 1. The molecule has 1 saturated heterocycles. The molecule has 150 valence electrons. The van der Waals surface area contributed by atoms with Gasteiger partial charge in [-0.3, -0.25) is 9.59 Å². The van der Waals surface area contributed by atoms with Crippen molar-refractivity contribution < 1.29 is 9.59 Å². The van der Waals surface area contributed by atoms with Gasteiger partial charge in [-0.05, 0) is 60.7 Å². The Balaban J connectivity index is 1.29. The number of fused-ring (bicyclic) bond motifs is 1. The van der Waals surface area contributed by atoms with E-state index in [1.807, 2.05) is 60.0 Å². The monoisotopic (exact) mass is 416 g/mol. The number of nitrogens with zero attached hydrogens (tertiary/aromatic N) is 2. The Morgan fingerprint density at radius 2 is 1.90 bits per heavy atom. The van der Waals surface area contributed by atoms with Crippen molar-refractivity contribution in [1.82, 2.24) is 14.9 Å². The van der Waals surface area contributed by atoms with Crippen LogP contribution >= 0.6 is 11.3 Å². The van der Waals surface area contributed by atoms with Gasteiger partial charge >= 0.3 is 0 Å². The van der Waals surface area contributed by atoms with Gasteiger partial charge in [-0.2, -0.15) is 0 Å². The van der Waals surface area contributed by atoms with Crippen LogP contribution in [-0.4, -0.2) is 39.3 Å². The van der Waals surface area contributed by atoms with Gasteiger partial charge in [0.15, 0.2) is 0 Å². The molecule has 1 fully saturated rings. The van der Waals surface area contributed by atoms with Crippen LogP contribution in [0.5, 0.6) is 0 Å². The van der Waals surface area contributed by atoms with Crippen LogP contribution in [0.2, 0.25) is 0 Å². The Kier molecular flexibility index (Phi) is 4.80. The highest BCUT2D eigenvalue weighted by atomic mass is 32.1. The van der Waals surface area contributed by atoms with E-state index in [9.17, 15) is 9.59 Å². The van der Waals surface area contributed by atoms with E-state index >= 15 is 0 Å². The first-order valence-corrected chi connectivity index (χ1v) is 10.8. The number of amides is 2. The summed E-state index contributed by atoms with van der Waals surface area (Å²) in [5, 5.41) is 4.84. The number of para-hydroxylation sites is 2. The smallest absolute Gasteiger partial charge is 0.264 e. The minimum absolute atomic E-state index is 0.0668. The zero-order valence-electron chi connectivity index (χ0n) is 16.2. The summed E-state index contributed by atoms with van der Waals surface area (Å²) >= 11 is 1.40. The average molecular weight is 417 g/mol. The van der Waals surface area contributed by atoms with Crippen LogP contribution in [0.4, 0.5) is 5.69 Å². The zero-order chi connectivity index (χ0) is 20.5. The number of rotatable bonds is 4. The summed E-state index contributed by atoms with van der Waals surface area (Å²) in [5.41, 5.74) is 3.55. The average Bonchev–Trinajstić information content (AvgIpc) is 3.54. The van der Waals surface area contributed by atoms with Gasteiger partial charge in [-0.1, -0.05) is 18.2 Å². The number of hydrogen-bond acceptors (Lipinski definition) is 4. The van der Waals surface area contributed by atoms with Crippen LogP contribution in [-0.2, 0) is 4.79 Å². The largest absolute Gasteiger partial charge is 0.338 e. The van der Waals surface area contributed by atoms with E-state index in [2.05, 4.69) is 15.3 Å². The third-order valence-electron chi connectivity index (χ3n) is 5.36. The van der Waals surface area contributed by atoms with E-state index in [4.69, 9.17) is 0 Å². The summed E-state index contributed by atoms with van der Waals surface area (Å²) in [7, 11) is 0. The van der Waals surface area contributed by atoms with Crippen molar-refractivity contribution in [3.05, 3.63) is 70.9 Å². The molecule has 2 amide bonds. The quantitative estimate of drug-likeness (QED) is 0.513. The Morgan fingerprint density at radius 3 is 2.67 bits per heavy atom. The molecule has 2 aromatic heterocycles. The number of benzene rings is 2. The van der Waals surface area contributed by atoms with Crippen LogP contribution < -0.4 is 5.32 Å². The predicted molar refractivity (Wildman–Crippen MR) is 119 cm³/mol. The van der Waals surface area contributed by atoms with Gasteiger partial charge in [-0.25, -0.2) is 4.98 Å². The number of carbonyl (C=O) groups excluding carboxylic acids is 2. The minimum Gasteiger partial charge on any atom is -0.338 e. The van der Waals surface area contributed by atoms with Crippen molar-refractivity contribution in [3.8, 4) is 11.4 Å². The predicted octanol–water partition coefficient (Wildman–Crippen LogP) is 4.53. The second-order valence-electron chi connectivity index (χ2n) is 7.30. The lowest BCUT2D eigenvalue weighted by Crippen LogP contribution is -2.42. The first-order valence-electron chi connectivity index (χ1n) is 9.89. The van der Waals surface area contributed by atoms with Crippen molar-refractivity contribution in [1.29, 1.82) is 0 Å². The van der Waals surface area contributed by atoms with Crippen molar-refractivity contribution in [2.75, 3.05) is 11.9 Å². The van der Waals surface area contributed by atoms with E-state index < -0.39 is 6.04 Å². The van der Waals surface area contributed by atoms with Gasteiger partial charge in [0.1, 0.15) is 11.9 Å². The van der Waals surface area contributed by atoms with E-state index in [0.29, 0.717) is 23.5 Å². The number of nitrogens with one attached hydrogen (secondary N) is 2. The minimum atomic E-state index is -0.436. The molecule has 0 radical (unpaired) electrons. The summed E-state index contributed by atoms with van der Waals surface area (Å²) in [5.74, 6) is 0.578. The number of aromatic nitrogens is 2. The molecule has 5 rings (SSSR count). The van der Waals surface area contributed by atoms with Crippen LogP contribution in [0.3, 0.4) is 0 Å². The molecule has 1 aliphatic rings. The van der Waals surface area contributed by atoms with E-state index in [1.54, 1.807) is 11.0 Å². The maximum atomic E-state index is 12.9. The fourth-order valence-corrected chi connectivity index (χ4v) is 4.53. The molecule has 0 saturated carbocycles. The third-order valence-corrected chi connectivity index (χ3v) is 6.22. The molecule has 6 nitrogen and oxygen atoms in total.